The highest BCUT2D eigenvalue weighted by molar-refractivity contribution is 7.90. The Bertz CT molecular complexity index is 1750. The van der Waals surface area contributed by atoms with E-state index in [1.807, 2.05) is 0 Å². The number of sulfone groups is 1. The molecule has 214 valence electrons. The Kier molecular flexibility index (Phi) is 8.65. The molecule has 0 aliphatic heterocycles. The zero-order chi connectivity index (χ0) is 30.1. The largest absolute Gasteiger partial charge is 0.497 e. The molecule has 0 unspecified atom stereocenters. The van der Waals surface area contributed by atoms with E-state index in [2.05, 4.69) is 5.32 Å². The highest BCUT2D eigenvalue weighted by Gasteiger charge is 2.31. The number of hydrogen-bond acceptors (Lipinski definition) is 5. The summed E-state index contributed by atoms with van der Waals surface area (Å²) in [5.41, 5.74) is -0.0242. The molecule has 1 aromatic heterocycles. The molecule has 0 saturated heterocycles. The van der Waals surface area contributed by atoms with Gasteiger partial charge in [0.25, 0.3) is 5.91 Å². The first-order chi connectivity index (χ1) is 19.3. The van der Waals surface area contributed by atoms with Crippen LogP contribution >= 0.6 is 11.6 Å². The Morgan fingerprint density at radius 3 is 2.29 bits per heavy atom. The lowest BCUT2D eigenvalue weighted by Crippen LogP contribution is -2.33. The van der Waals surface area contributed by atoms with Crippen LogP contribution in [-0.2, 0) is 16.9 Å². The van der Waals surface area contributed by atoms with E-state index in [-0.39, 0.29) is 33.5 Å². The van der Waals surface area contributed by atoms with Crippen LogP contribution in [0.4, 0.5) is 8.78 Å². The zero-order valence-corrected chi connectivity index (χ0v) is 24.2. The summed E-state index contributed by atoms with van der Waals surface area (Å²) in [6.07, 6.45) is 2.36. The molecule has 41 heavy (non-hydrogen) atoms. The van der Waals surface area contributed by atoms with Gasteiger partial charge in [0.15, 0.2) is 0 Å². The summed E-state index contributed by atoms with van der Waals surface area (Å²) in [7, 11) is -0.601. The summed E-state index contributed by atoms with van der Waals surface area (Å²) in [5.74, 6) is -2.84. The summed E-state index contributed by atoms with van der Waals surface area (Å²) in [6.45, 7) is 1.35. The average Bonchev–Trinajstić information content (AvgIpc) is 3.26. The van der Waals surface area contributed by atoms with Crippen LogP contribution in [0.2, 0.25) is 5.02 Å². The van der Waals surface area contributed by atoms with Gasteiger partial charge in [-0.2, -0.15) is 0 Å². The third-order valence-electron chi connectivity index (χ3n) is 6.62. The Morgan fingerprint density at radius 2 is 1.68 bits per heavy atom. The van der Waals surface area contributed by atoms with Gasteiger partial charge in [0.05, 0.1) is 30.2 Å². The number of methoxy groups -OCH3 is 1. The molecule has 1 amide bonds. The molecule has 0 aliphatic carbocycles. The number of amides is 1. The number of ether oxygens (including phenoxy) is 1. The fourth-order valence-corrected chi connectivity index (χ4v) is 5.73. The van der Waals surface area contributed by atoms with Gasteiger partial charge in [-0.1, -0.05) is 23.7 Å². The van der Waals surface area contributed by atoms with Crippen molar-refractivity contribution in [3.8, 4) is 16.9 Å². The topological polar surface area (TPSA) is 94.5 Å². The molecule has 1 N–H and O–H groups in total. The molecule has 4 aromatic rings. The predicted octanol–water partition coefficient (Wildman–Crippen LogP) is 5.69. The third kappa shape index (κ3) is 6.49. The van der Waals surface area contributed by atoms with Crippen LogP contribution in [0.25, 0.3) is 11.1 Å². The van der Waals surface area contributed by atoms with Gasteiger partial charge in [-0.15, -0.1) is 0 Å². The maximum Gasteiger partial charge on any atom is 0.253 e. The molecular weight excluding hydrogens is 574 g/mol. The molecule has 1 heterocycles. The Labute approximate surface area is 241 Å². The van der Waals surface area contributed by atoms with Crippen molar-refractivity contribution in [1.82, 2.24) is 9.88 Å². The predicted molar refractivity (Wildman–Crippen MR) is 153 cm³/mol. The summed E-state index contributed by atoms with van der Waals surface area (Å²) in [6, 6.07) is 13.4. The SMILES string of the molecule is COc1ccc(C(=O)c2c(-c3c(F)ccc(F)c3C)c(C(=O)N[C@@H](CS(C)(=O)=O)c3cccc(Cl)c3)cn2C)cc1. The highest BCUT2D eigenvalue weighted by atomic mass is 35.5. The standard InChI is InChI=1S/C30H27ClF2N2O5S/c1-17-23(32)12-13-24(33)26(17)27-22(15-35(2)28(27)29(36)18-8-10-21(40-3)11-9-18)30(37)34-25(16-41(4,38)39)19-6-5-7-20(31)14-19/h5-15,25H,16H2,1-4H3,(H,34,37)/t25-/m0/s1. The number of benzene rings is 3. The van der Waals surface area contributed by atoms with Gasteiger partial charge in [0.1, 0.15) is 27.2 Å². The van der Waals surface area contributed by atoms with Crippen LogP contribution in [0.1, 0.15) is 43.6 Å². The molecular formula is C30H27ClF2N2O5S. The monoisotopic (exact) mass is 600 g/mol. The lowest BCUT2D eigenvalue weighted by molar-refractivity contribution is 0.0940. The second-order valence-electron chi connectivity index (χ2n) is 9.64. The second-order valence-corrected chi connectivity index (χ2v) is 12.3. The van der Waals surface area contributed by atoms with E-state index in [9.17, 15) is 22.4 Å². The number of nitrogens with zero attached hydrogens (tertiary/aromatic N) is 1. The molecule has 0 bridgehead atoms. The molecule has 0 saturated carbocycles. The summed E-state index contributed by atoms with van der Waals surface area (Å²) in [4.78, 5) is 27.6. The van der Waals surface area contributed by atoms with Crippen LogP contribution < -0.4 is 10.1 Å². The first-order valence-electron chi connectivity index (χ1n) is 12.4. The number of rotatable bonds is 9. The molecule has 11 heteroatoms. The van der Waals surface area contributed by atoms with Gasteiger partial charge in [-0.25, -0.2) is 17.2 Å². The van der Waals surface area contributed by atoms with Crippen molar-refractivity contribution >= 4 is 33.1 Å². The maximum absolute atomic E-state index is 15.4. The number of carbonyl (C=O) groups is 2. The second kappa shape index (κ2) is 11.8. The summed E-state index contributed by atoms with van der Waals surface area (Å²) in [5, 5.41) is 3.03. The number of hydrogen-bond donors (Lipinski definition) is 1. The minimum absolute atomic E-state index is 0.0599. The fourth-order valence-electron chi connectivity index (χ4n) is 4.65. The summed E-state index contributed by atoms with van der Waals surface area (Å²) < 4.78 is 61.1. The number of halogens is 3. The molecule has 7 nitrogen and oxygen atoms in total. The van der Waals surface area contributed by atoms with Crippen molar-refractivity contribution in [2.75, 3.05) is 19.1 Å². The fraction of sp³-hybridized carbons (Fsp3) is 0.200. The Hall–Kier alpha value is -4.02. The van der Waals surface area contributed by atoms with E-state index < -0.39 is 45.0 Å². The average molecular weight is 601 g/mol. The number of aromatic nitrogens is 1. The van der Waals surface area contributed by atoms with Gasteiger partial charge in [0.2, 0.25) is 5.78 Å². The molecule has 1 atom stereocenters. The van der Waals surface area contributed by atoms with Crippen molar-refractivity contribution in [3.05, 3.63) is 111 Å². The van der Waals surface area contributed by atoms with E-state index in [1.165, 1.54) is 50.0 Å². The molecule has 0 aliphatic rings. The van der Waals surface area contributed by atoms with Crippen molar-refractivity contribution < 1.29 is 31.5 Å². The van der Waals surface area contributed by atoms with Gasteiger partial charge >= 0.3 is 0 Å². The number of nitrogens with one attached hydrogen (secondary N) is 1. The number of carbonyl (C=O) groups excluding carboxylic acids is 2. The normalized spacial score (nSPS) is 12.2. The molecule has 3 aromatic carbocycles. The molecule has 0 spiro atoms. The zero-order valence-electron chi connectivity index (χ0n) is 22.7. The summed E-state index contributed by atoms with van der Waals surface area (Å²) >= 11 is 6.12. The minimum Gasteiger partial charge on any atom is -0.497 e. The van der Waals surface area contributed by atoms with Crippen molar-refractivity contribution in [2.45, 2.75) is 13.0 Å². The number of aryl methyl sites for hydroxylation is 1. The van der Waals surface area contributed by atoms with E-state index in [1.54, 1.807) is 30.3 Å². The lowest BCUT2D eigenvalue weighted by Gasteiger charge is -2.19. The van der Waals surface area contributed by atoms with Crippen LogP contribution in [0, 0.1) is 18.6 Å². The van der Waals surface area contributed by atoms with E-state index in [0.29, 0.717) is 16.3 Å². The lowest BCUT2D eigenvalue weighted by atomic mass is 9.92. The van der Waals surface area contributed by atoms with Crippen molar-refractivity contribution in [3.63, 3.8) is 0 Å². The number of ketones is 1. The van der Waals surface area contributed by atoms with Crippen molar-refractivity contribution in [2.24, 2.45) is 7.05 Å². The molecule has 4 rings (SSSR count). The van der Waals surface area contributed by atoms with Crippen LogP contribution in [0.15, 0.2) is 66.9 Å². The Balaban J connectivity index is 1.90. The maximum atomic E-state index is 15.4. The van der Waals surface area contributed by atoms with Crippen LogP contribution in [-0.4, -0.2) is 43.8 Å². The molecule has 0 radical (unpaired) electrons. The highest BCUT2D eigenvalue weighted by Crippen LogP contribution is 2.36. The van der Waals surface area contributed by atoms with Gasteiger partial charge in [-0.3, -0.25) is 9.59 Å². The van der Waals surface area contributed by atoms with E-state index >= 15 is 4.39 Å². The first kappa shape index (κ1) is 30.0. The first-order valence-corrected chi connectivity index (χ1v) is 14.8. The van der Waals surface area contributed by atoms with Crippen LogP contribution in [0.3, 0.4) is 0 Å². The van der Waals surface area contributed by atoms with Gasteiger partial charge in [0, 0.05) is 41.2 Å². The van der Waals surface area contributed by atoms with E-state index in [4.69, 9.17) is 16.3 Å². The quantitative estimate of drug-likeness (QED) is 0.249. The smallest absolute Gasteiger partial charge is 0.253 e. The third-order valence-corrected chi connectivity index (χ3v) is 7.79. The van der Waals surface area contributed by atoms with Crippen LogP contribution in [0.5, 0.6) is 5.75 Å². The van der Waals surface area contributed by atoms with Crippen molar-refractivity contribution in [1.29, 1.82) is 0 Å². The molecule has 0 fully saturated rings. The van der Waals surface area contributed by atoms with E-state index in [0.717, 1.165) is 18.4 Å². The van der Waals surface area contributed by atoms with Gasteiger partial charge < -0.3 is 14.6 Å². The Morgan fingerprint density at radius 1 is 1.02 bits per heavy atom. The van der Waals surface area contributed by atoms with Gasteiger partial charge in [-0.05, 0) is 66.6 Å². The minimum atomic E-state index is -3.59.